The number of unbranched alkanes of at least 4 members (excludes halogenated alkanes) is 2. The first kappa shape index (κ1) is 28.1. The van der Waals surface area contributed by atoms with E-state index in [1.165, 1.54) is 11.3 Å². The molecule has 4 rings (SSSR count). The number of carbonyl (C=O) groups is 3. The highest BCUT2D eigenvalue weighted by Crippen LogP contribution is 2.44. The molecule has 2 aliphatic heterocycles. The number of carbonyl (C=O) groups excluding carboxylic acids is 3. The van der Waals surface area contributed by atoms with E-state index in [4.69, 9.17) is 5.73 Å². The average Bonchev–Trinajstić information content (AvgIpc) is 3.58. The minimum Gasteiger partial charge on any atom is -0.369 e. The van der Waals surface area contributed by atoms with E-state index in [-0.39, 0.29) is 23.3 Å². The van der Waals surface area contributed by atoms with Gasteiger partial charge in [0, 0.05) is 23.0 Å². The van der Waals surface area contributed by atoms with Crippen LogP contribution in [-0.4, -0.2) is 52.8 Å². The van der Waals surface area contributed by atoms with Gasteiger partial charge in [-0.2, -0.15) is 0 Å². The predicted octanol–water partition coefficient (Wildman–Crippen LogP) is 4.91. The molecule has 0 unspecified atom stereocenters. The Bertz CT molecular complexity index is 977. The summed E-state index contributed by atoms with van der Waals surface area (Å²) in [6.07, 6.45) is 15.2. The number of nitrogens with one attached hydrogen (secondary N) is 1. The van der Waals surface area contributed by atoms with Gasteiger partial charge >= 0.3 is 6.03 Å². The lowest BCUT2D eigenvalue weighted by molar-refractivity contribution is -0.133. The van der Waals surface area contributed by atoms with Crippen LogP contribution in [0.3, 0.4) is 0 Å². The van der Waals surface area contributed by atoms with E-state index in [2.05, 4.69) is 44.4 Å². The molecule has 3 N–H and O–H groups in total. The lowest BCUT2D eigenvalue weighted by atomic mass is 9.87. The molecule has 1 aromatic carbocycles. The Morgan fingerprint density at radius 3 is 2.31 bits per heavy atom. The number of benzene rings is 1. The molecule has 0 atom stereocenters. The van der Waals surface area contributed by atoms with Crippen molar-refractivity contribution in [1.29, 1.82) is 0 Å². The molecule has 1 aliphatic carbocycles. The molecule has 2 saturated heterocycles. The van der Waals surface area contributed by atoms with Crippen molar-refractivity contribution in [2.45, 2.75) is 70.9 Å². The second-order valence-electron chi connectivity index (χ2n) is 10.2. The lowest BCUT2D eigenvalue weighted by Crippen LogP contribution is -2.55. The van der Waals surface area contributed by atoms with Gasteiger partial charge in [0.1, 0.15) is 5.54 Å². The lowest BCUT2D eigenvalue weighted by Gasteiger charge is -2.37. The van der Waals surface area contributed by atoms with Crippen molar-refractivity contribution in [2.75, 3.05) is 19.6 Å². The topological polar surface area (TPSA) is 95.7 Å². The Kier molecular flexibility index (Phi) is 9.91. The van der Waals surface area contributed by atoms with Crippen molar-refractivity contribution < 1.29 is 14.4 Å². The standard InChI is InChI=1S/C23H30BrN3O2.C5H9NO/c1-2-3-4-5-6-7-8-15-26-16-13-23(14-17-26)21(28)27(22(29)25-23)18-19-9-11-20(24)12-10-19;1-5(2-3-5)4(6)7/h2-5,9-12H,6-8,13-18H2,1H3,(H,25,29);2-3H2,1H3,(H2,6,7)/b3-2-,5-4-;. The smallest absolute Gasteiger partial charge is 0.325 e. The number of halogens is 1. The maximum Gasteiger partial charge on any atom is 0.325 e. The maximum absolute atomic E-state index is 13.1. The van der Waals surface area contributed by atoms with Gasteiger partial charge in [0.15, 0.2) is 0 Å². The number of piperidine rings is 1. The number of rotatable bonds is 9. The van der Waals surface area contributed by atoms with Crippen molar-refractivity contribution >= 4 is 33.8 Å². The molecule has 36 heavy (non-hydrogen) atoms. The zero-order valence-corrected chi connectivity index (χ0v) is 23.1. The van der Waals surface area contributed by atoms with Crippen LogP contribution in [0.15, 0.2) is 53.0 Å². The van der Waals surface area contributed by atoms with Crippen LogP contribution in [-0.2, 0) is 16.1 Å². The zero-order valence-electron chi connectivity index (χ0n) is 21.5. The molecule has 0 aromatic heterocycles. The van der Waals surface area contributed by atoms with E-state index in [0.29, 0.717) is 19.4 Å². The van der Waals surface area contributed by atoms with Crippen molar-refractivity contribution in [2.24, 2.45) is 11.1 Å². The normalized spacial score (nSPS) is 20.6. The van der Waals surface area contributed by atoms with E-state index in [0.717, 1.165) is 55.4 Å². The van der Waals surface area contributed by atoms with E-state index >= 15 is 0 Å². The van der Waals surface area contributed by atoms with Crippen LogP contribution in [0.1, 0.15) is 64.4 Å². The van der Waals surface area contributed by atoms with Crippen molar-refractivity contribution in [3.8, 4) is 0 Å². The third kappa shape index (κ3) is 7.53. The number of likely N-dealkylation sites (tertiary alicyclic amines) is 1. The number of hydrogen-bond donors (Lipinski definition) is 2. The number of nitrogens with two attached hydrogens (primary N) is 1. The minimum atomic E-state index is -0.710. The second-order valence-corrected chi connectivity index (χ2v) is 11.2. The number of hydrogen-bond acceptors (Lipinski definition) is 4. The number of allylic oxidation sites excluding steroid dienone is 4. The Balaban J connectivity index is 0.000000444. The van der Waals surface area contributed by atoms with Gasteiger partial charge in [-0.25, -0.2) is 4.79 Å². The van der Waals surface area contributed by atoms with Crippen molar-refractivity contribution in [3.05, 3.63) is 58.6 Å². The number of nitrogens with zero attached hydrogens (tertiary/aromatic N) is 2. The van der Waals surface area contributed by atoms with Crippen LogP contribution < -0.4 is 11.1 Å². The van der Waals surface area contributed by atoms with Crippen LogP contribution in [0, 0.1) is 5.41 Å². The van der Waals surface area contributed by atoms with Gasteiger partial charge in [-0.05, 0) is 76.1 Å². The Morgan fingerprint density at radius 1 is 1.08 bits per heavy atom. The van der Waals surface area contributed by atoms with Gasteiger partial charge in [0.2, 0.25) is 5.91 Å². The van der Waals surface area contributed by atoms with Crippen molar-refractivity contribution in [3.63, 3.8) is 0 Å². The van der Waals surface area contributed by atoms with Crippen LogP contribution >= 0.6 is 15.9 Å². The van der Waals surface area contributed by atoms with Gasteiger partial charge in [-0.1, -0.05) is 59.3 Å². The number of imide groups is 1. The second kappa shape index (κ2) is 12.7. The summed E-state index contributed by atoms with van der Waals surface area (Å²) in [6, 6.07) is 7.47. The molecule has 0 bridgehead atoms. The van der Waals surface area contributed by atoms with Gasteiger partial charge < -0.3 is 16.0 Å². The van der Waals surface area contributed by atoms with Crippen molar-refractivity contribution in [1.82, 2.24) is 15.1 Å². The average molecular weight is 560 g/mol. The van der Waals surface area contributed by atoms with Gasteiger partial charge in [-0.15, -0.1) is 0 Å². The van der Waals surface area contributed by atoms with Crippen LogP contribution in [0.5, 0.6) is 0 Å². The molecule has 0 radical (unpaired) electrons. The summed E-state index contributed by atoms with van der Waals surface area (Å²) >= 11 is 3.41. The fourth-order valence-corrected chi connectivity index (χ4v) is 4.67. The van der Waals surface area contributed by atoms with Gasteiger partial charge in [-0.3, -0.25) is 14.5 Å². The third-order valence-corrected chi connectivity index (χ3v) is 7.87. The summed E-state index contributed by atoms with van der Waals surface area (Å²) in [6.45, 7) is 7.00. The molecule has 2 heterocycles. The van der Waals surface area contributed by atoms with Crippen LogP contribution in [0.4, 0.5) is 4.79 Å². The van der Waals surface area contributed by atoms with Gasteiger partial charge in [0.25, 0.3) is 5.91 Å². The molecule has 3 fully saturated rings. The Hall–Kier alpha value is -2.45. The summed E-state index contributed by atoms with van der Waals surface area (Å²) in [5.41, 5.74) is 5.13. The largest absolute Gasteiger partial charge is 0.369 e. The highest BCUT2D eigenvalue weighted by Gasteiger charge is 2.52. The van der Waals surface area contributed by atoms with E-state index < -0.39 is 5.54 Å². The number of urea groups is 1. The highest BCUT2D eigenvalue weighted by atomic mass is 79.9. The molecule has 7 nitrogen and oxygen atoms in total. The third-order valence-electron chi connectivity index (χ3n) is 7.34. The quantitative estimate of drug-likeness (QED) is 0.255. The number of primary amides is 1. The fourth-order valence-electron chi connectivity index (χ4n) is 4.41. The first-order valence-electron chi connectivity index (χ1n) is 12.9. The molecule has 8 heteroatoms. The SMILES string of the molecule is C/C=C\C=C/CCCCN1CCC2(CC1)NC(=O)N(Cc1ccc(Br)cc1)C2=O.CC1(C(N)=O)CC1. The maximum atomic E-state index is 13.1. The summed E-state index contributed by atoms with van der Waals surface area (Å²) in [4.78, 5) is 39.6. The molecule has 1 spiro atoms. The fraction of sp³-hybridized carbons (Fsp3) is 0.536. The zero-order chi connectivity index (χ0) is 26.2. The molecule has 1 aromatic rings. The number of amides is 4. The van der Waals surface area contributed by atoms with Gasteiger partial charge in [0.05, 0.1) is 6.54 Å². The van der Waals surface area contributed by atoms with E-state index in [1.54, 1.807) is 0 Å². The predicted molar refractivity (Wildman–Crippen MR) is 146 cm³/mol. The summed E-state index contributed by atoms with van der Waals surface area (Å²) in [5.74, 6) is -0.216. The summed E-state index contributed by atoms with van der Waals surface area (Å²) in [7, 11) is 0. The molecular weight excluding hydrogens is 520 g/mol. The molecule has 1 saturated carbocycles. The Labute approximate surface area is 223 Å². The minimum absolute atomic E-state index is 0.0702. The Morgan fingerprint density at radius 2 is 1.75 bits per heavy atom. The van der Waals surface area contributed by atoms with Crippen LogP contribution in [0.25, 0.3) is 0 Å². The summed E-state index contributed by atoms with van der Waals surface area (Å²) in [5, 5.41) is 3.00. The van der Waals surface area contributed by atoms with E-state index in [9.17, 15) is 14.4 Å². The first-order valence-corrected chi connectivity index (χ1v) is 13.7. The highest BCUT2D eigenvalue weighted by molar-refractivity contribution is 9.10. The first-order chi connectivity index (χ1) is 17.2. The summed E-state index contributed by atoms with van der Waals surface area (Å²) < 4.78 is 0.983. The molecular formula is C28H39BrN4O3. The molecule has 3 aliphatic rings. The monoisotopic (exact) mass is 558 g/mol. The van der Waals surface area contributed by atoms with Crippen LogP contribution in [0.2, 0.25) is 0 Å². The molecule has 196 valence electrons. The molecule has 4 amide bonds. The van der Waals surface area contributed by atoms with E-state index in [1.807, 2.05) is 44.2 Å².